The first-order valence-corrected chi connectivity index (χ1v) is 6.26. The number of aliphatic hydroxyl groups is 1. The third kappa shape index (κ3) is 2.12. The van der Waals surface area contributed by atoms with E-state index in [0.717, 1.165) is 28.0 Å². The van der Waals surface area contributed by atoms with Gasteiger partial charge in [-0.1, -0.05) is 18.2 Å². The zero-order valence-electron chi connectivity index (χ0n) is 9.81. The summed E-state index contributed by atoms with van der Waals surface area (Å²) in [6.07, 6.45) is 0. The molecule has 4 nitrogen and oxygen atoms in total. The number of halogens is 1. The maximum atomic E-state index is 9.20. The molecule has 90 valence electrons. The van der Waals surface area contributed by atoms with Gasteiger partial charge in [0.05, 0.1) is 0 Å². The SMILES string of the molecule is CCn1c(CO)nnc1-c1cccc(C)c1Br. The summed E-state index contributed by atoms with van der Waals surface area (Å²) < 4.78 is 2.94. The zero-order chi connectivity index (χ0) is 12.4. The van der Waals surface area contributed by atoms with Gasteiger partial charge in [0, 0.05) is 16.6 Å². The van der Waals surface area contributed by atoms with Crippen LogP contribution < -0.4 is 0 Å². The van der Waals surface area contributed by atoms with Crippen molar-refractivity contribution >= 4 is 15.9 Å². The van der Waals surface area contributed by atoms with E-state index in [4.69, 9.17) is 0 Å². The average molecular weight is 296 g/mol. The Morgan fingerprint density at radius 1 is 1.35 bits per heavy atom. The van der Waals surface area contributed by atoms with Crippen LogP contribution in [-0.4, -0.2) is 19.9 Å². The van der Waals surface area contributed by atoms with E-state index in [1.54, 1.807) is 0 Å². The van der Waals surface area contributed by atoms with E-state index < -0.39 is 0 Å². The van der Waals surface area contributed by atoms with E-state index in [1.807, 2.05) is 36.6 Å². The van der Waals surface area contributed by atoms with E-state index in [1.165, 1.54) is 0 Å². The van der Waals surface area contributed by atoms with Gasteiger partial charge in [0.15, 0.2) is 11.6 Å². The van der Waals surface area contributed by atoms with Gasteiger partial charge in [0.25, 0.3) is 0 Å². The van der Waals surface area contributed by atoms with Crippen LogP contribution in [0.5, 0.6) is 0 Å². The van der Waals surface area contributed by atoms with E-state index in [0.29, 0.717) is 5.82 Å². The number of aliphatic hydroxyl groups excluding tert-OH is 1. The lowest BCUT2D eigenvalue weighted by atomic mass is 10.1. The Morgan fingerprint density at radius 2 is 2.12 bits per heavy atom. The number of hydrogen-bond acceptors (Lipinski definition) is 3. The number of rotatable bonds is 3. The molecule has 0 unspecified atom stereocenters. The van der Waals surface area contributed by atoms with E-state index in [-0.39, 0.29) is 6.61 Å². The third-order valence-corrected chi connectivity index (χ3v) is 3.77. The highest BCUT2D eigenvalue weighted by molar-refractivity contribution is 9.10. The Labute approximate surface area is 108 Å². The van der Waals surface area contributed by atoms with E-state index in [9.17, 15) is 5.11 Å². The van der Waals surface area contributed by atoms with Crippen molar-refractivity contribution < 1.29 is 5.11 Å². The summed E-state index contributed by atoms with van der Waals surface area (Å²) in [4.78, 5) is 0. The standard InChI is InChI=1S/C12H14BrN3O/c1-3-16-10(7-17)14-15-12(16)9-6-4-5-8(2)11(9)13/h4-6,17H,3,7H2,1-2H3. The number of aryl methyl sites for hydroxylation is 1. The zero-order valence-corrected chi connectivity index (χ0v) is 11.4. The van der Waals surface area contributed by atoms with Crippen LogP contribution >= 0.6 is 15.9 Å². The van der Waals surface area contributed by atoms with E-state index in [2.05, 4.69) is 26.1 Å². The molecule has 0 radical (unpaired) electrons. The summed E-state index contributed by atoms with van der Waals surface area (Å²) in [5.41, 5.74) is 2.15. The first-order valence-electron chi connectivity index (χ1n) is 5.47. The number of nitrogens with zero attached hydrogens (tertiary/aromatic N) is 3. The summed E-state index contributed by atoms with van der Waals surface area (Å²) in [6.45, 7) is 4.69. The normalized spacial score (nSPS) is 10.8. The highest BCUT2D eigenvalue weighted by Gasteiger charge is 2.14. The molecule has 0 amide bonds. The molecule has 1 N–H and O–H groups in total. The van der Waals surface area contributed by atoms with E-state index >= 15 is 0 Å². The van der Waals surface area contributed by atoms with Gasteiger partial charge in [-0.25, -0.2) is 0 Å². The molecular weight excluding hydrogens is 282 g/mol. The molecule has 0 aliphatic carbocycles. The minimum atomic E-state index is -0.0930. The lowest BCUT2D eigenvalue weighted by Gasteiger charge is -2.09. The highest BCUT2D eigenvalue weighted by Crippen LogP contribution is 2.29. The van der Waals surface area contributed by atoms with Gasteiger partial charge in [-0.15, -0.1) is 10.2 Å². The highest BCUT2D eigenvalue weighted by atomic mass is 79.9. The lowest BCUT2D eigenvalue weighted by Crippen LogP contribution is -2.03. The molecule has 1 aromatic heterocycles. The van der Waals surface area contributed by atoms with Gasteiger partial charge in [0.2, 0.25) is 0 Å². The van der Waals surface area contributed by atoms with Crippen molar-refractivity contribution in [3.05, 3.63) is 34.1 Å². The van der Waals surface area contributed by atoms with Crippen LogP contribution in [0, 0.1) is 6.92 Å². The summed E-state index contributed by atoms with van der Waals surface area (Å²) in [7, 11) is 0. The van der Waals surface area contributed by atoms with Gasteiger partial charge in [-0.3, -0.25) is 0 Å². The molecule has 1 aromatic carbocycles. The van der Waals surface area contributed by atoms with Gasteiger partial charge < -0.3 is 9.67 Å². The Bertz CT molecular complexity index is 537. The van der Waals surface area contributed by atoms with Crippen molar-refractivity contribution in [3.8, 4) is 11.4 Å². The lowest BCUT2D eigenvalue weighted by molar-refractivity contribution is 0.265. The van der Waals surface area contributed by atoms with Crippen molar-refractivity contribution in [2.45, 2.75) is 27.0 Å². The minimum absolute atomic E-state index is 0.0930. The summed E-state index contributed by atoms with van der Waals surface area (Å²) in [5, 5.41) is 17.3. The Hall–Kier alpha value is -1.20. The fourth-order valence-electron chi connectivity index (χ4n) is 1.80. The van der Waals surface area contributed by atoms with Crippen LogP contribution in [0.2, 0.25) is 0 Å². The van der Waals surface area contributed by atoms with Gasteiger partial charge >= 0.3 is 0 Å². The molecule has 5 heteroatoms. The predicted octanol–water partition coefficient (Wildman–Crippen LogP) is 2.53. The quantitative estimate of drug-likeness (QED) is 0.947. The first kappa shape index (κ1) is 12.3. The van der Waals surface area contributed by atoms with Crippen molar-refractivity contribution in [1.82, 2.24) is 14.8 Å². The van der Waals surface area contributed by atoms with Crippen molar-refractivity contribution in [2.75, 3.05) is 0 Å². The topological polar surface area (TPSA) is 50.9 Å². The molecular formula is C12H14BrN3O. The number of hydrogen-bond donors (Lipinski definition) is 1. The van der Waals surface area contributed by atoms with Crippen molar-refractivity contribution in [2.24, 2.45) is 0 Å². The molecule has 2 rings (SSSR count). The number of benzene rings is 1. The van der Waals surface area contributed by atoms with Crippen LogP contribution in [0.4, 0.5) is 0 Å². The van der Waals surface area contributed by atoms with Crippen molar-refractivity contribution in [3.63, 3.8) is 0 Å². The summed E-state index contributed by atoms with van der Waals surface area (Å²) >= 11 is 3.57. The van der Waals surface area contributed by atoms with Crippen LogP contribution in [0.3, 0.4) is 0 Å². The Balaban J connectivity index is 2.60. The average Bonchev–Trinajstić information content (AvgIpc) is 2.75. The fraction of sp³-hybridized carbons (Fsp3) is 0.333. The van der Waals surface area contributed by atoms with Gasteiger partial charge in [-0.2, -0.15) is 0 Å². The minimum Gasteiger partial charge on any atom is -0.388 e. The first-order chi connectivity index (χ1) is 8.19. The second-order valence-electron chi connectivity index (χ2n) is 3.78. The molecule has 0 atom stereocenters. The number of aromatic nitrogens is 3. The maximum absolute atomic E-state index is 9.20. The molecule has 0 saturated heterocycles. The van der Waals surface area contributed by atoms with Gasteiger partial charge in [-0.05, 0) is 35.3 Å². The summed E-state index contributed by atoms with van der Waals surface area (Å²) in [6, 6.07) is 6.02. The second-order valence-corrected chi connectivity index (χ2v) is 4.57. The Morgan fingerprint density at radius 3 is 2.76 bits per heavy atom. The van der Waals surface area contributed by atoms with Crippen LogP contribution in [0.25, 0.3) is 11.4 Å². The smallest absolute Gasteiger partial charge is 0.165 e. The van der Waals surface area contributed by atoms with Crippen LogP contribution in [-0.2, 0) is 13.2 Å². The van der Waals surface area contributed by atoms with Crippen LogP contribution in [0.1, 0.15) is 18.3 Å². The molecule has 2 aromatic rings. The fourth-order valence-corrected chi connectivity index (χ4v) is 2.25. The molecule has 0 saturated carbocycles. The third-order valence-electron chi connectivity index (χ3n) is 2.72. The largest absolute Gasteiger partial charge is 0.388 e. The molecule has 0 aliphatic heterocycles. The molecule has 17 heavy (non-hydrogen) atoms. The summed E-state index contributed by atoms with van der Waals surface area (Å²) in [5.74, 6) is 1.38. The van der Waals surface area contributed by atoms with Crippen LogP contribution in [0.15, 0.2) is 22.7 Å². The predicted molar refractivity (Wildman–Crippen MR) is 69.5 cm³/mol. The molecule has 0 bridgehead atoms. The maximum Gasteiger partial charge on any atom is 0.165 e. The second kappa shape index (κ2) is 4.98. The Kier molecular flexibility index (Phi) is 3.59. The molecule has 1 heterocycles. The monoisotopic (exact) mass is 295 g/mol. The molecule has 0 fully saturated rings. The van der Waals surface area contributed by atoms with Gasteiger partial charge in [0.1, 0.15) is 6.61 Å². The molecule has 0 aliphatic rings. The van der Waals surface area contributed by atoms with Crippen molar-refractivity contribution in [1.29, 1.82) is 0 Å². The molecule has 0 spiro atoms.